The van der Waals surface area contributed by atoms with Gasteiger partial charge in [0.2, 0.25) is 0 Å². The largest absolute Gasteiger partial charge is 0.452 e. The monoisotopic (exact) mass is 406 g/mol. The van der Waals surface area contributed by atoms with Gasteiger partial charge in [-0.25, -0.2) is 9.78 Å². The van der Waals surface area contributed by atoms with Crippen LogP contribution in [0.1, 0.15) is 20.7 Å². The Balaban J connectivity index is 1.68. The van der Waals surface area contributed by atoms with Gasteiger partial charge in [-0.05, 0) is 12.1 Å². The Morgan fingerprint density at radius 2 is 1.83 bits per heavy atom. The van der Waals surface area contributed by atoms with Gasteiger partial charge in [-0.2, -0.15) is 0 Å². The van der Waals surface area contributed by atoms with Crippen LogP contribution in [0.15, 0.2) is 72.6 Å². The molecule has 1 amide bonds. The van der Waals surface area contributed by atoms with Crippen molar-refractivity contribution in [2.24, 2.45) is 0 Å². The highest BCUT2D eigenvalue weighted by molar-refractivity contribution is 7.14. The molecule has 0 bridgehead atoms. The van der Waals surface area contributed by atoms with Gasteiger partial charge in [0, 0.05) is 23.1 Å². The third kappa shape index (κ3) is 5.03. The summed E-state index contributed by atoms with van der Waals surface area (Å²) in [6.07, 6.45) is 2.27. The number of nitrogens with zero attached hydrogens (tertiary/aromatic N) is 2. The van der Waals surface area contributed by atoms with Crippen LogP contribution in [0, 0.1) is 0 Å². The van der Waals surface area contributed by atoms with E-state index in [0.717, 1.165) is 11.3 Å². The Morgan fingerprint density at radius 1 is 1.10 bits per heavy atom. The van der Waals surface area contributed by atoms with Gasteiger partial charge in [0.15, 0.2) is 11.7 Å². The Labute approximate surface area is 172 Å². The number of aldehydes is 1. The molecule has 0 saturated carbocycles. The fraction of sp³-hybridized carbons (Fsp3) is 0.0909. The molecule has 1 heterocycles. The van der Waals surface area contributed by atoms with E-state index in [2.05, 4.69) is 11.6 Å². The molecule has 0 aliphatic rings. The number of hydrogen-bond acceptors (Lipinski definition) is 6. The molecule has 146 valence electrons. The molecule has 0 atom stereocenters. The molecule has 2 aromatic carbocycles. The van der Waals surface area contributed by atoms with E-state index in [-0.39, 0.29) is 12.1 Å². The zero-order valence-corrected chi connectivity index (χ0v) is 16.3. The summed E-state index contributed by atoms with van der Waals surface area (Å²) in [5.74, 6) is -1.05. The van der Waals surface area contributed by atoms with Gasteiger partial charge in [0.25, 0.3) is 5.91 Å². The molecule has 0 aliphatic carbocycles. The lowest BCUT2D eigenvalue weighted by Gasteiger charge is -2.17. The molecule has 0 aliphatic heterocycles. The summed E-state index contributed by atoms with van der Waals surface area (Å²) in [6.45, 7) is 3.49. The number of aromatic nitrogens is 1. The number of rotatable bonds is 8. The molecule has 29 heavy (non-hydrogen) atoms. The van der Waals surface area contributed by atoms with Crippen molar-refractivity contribution in [1.29, 1.82) is 0 Å². The summed E-state index contributed by atoms with van der Waals surface area (Å²) >= 11 is 1.33. The Hall–Kier alpha value is -3.58. The van der Waals surface area contributed by atoms with Crippen LogP contribution in [-0.4, -0.2) is 36.3 Å². The van der Waals surface area contributed by atoms with E-state index in [1.54, 1.807) is 6.08 Å². The predicted octanol–water partition coefficient (Wildman–Crippen LogP) is 4.00. The molecule has 0 unspecified atom stereocenters. The molecule has 6 nitrogen and oxygen atoms in total. The molecule has 3 rings (SSSR count). The third-order valence-corrected chi connectivity index (χ3v) is 4.88. The van der Waals surface area contributed by atoms with Crippen molar-refractivity contribution < 1.29 is 19.1 Å². The fourth-order valence-corrected chi connectivity index (χ4v) is 3.39. The van der Waals surface area contributed by atoms with E-state index >= 15 is 0 Å². The number of anilines is 1. The van der Waals surface area contributed by atoms with Gasteiger partial charge in [-0.15, -0.1) is 17.9 Å². The zero-order chi connectivity index (χ0) is 20.6. The molecular weight excluding hydrogens is 388 g/mol. The average molecular weight is 406 g/mol. The molecule has 7 heteroatoms. The zero-order valence-electron chi connectivity index (χ0n) is 15.5. The average Bonchev–Trinajstić information content (AvgIpc) is 3.26. The molecule has 0 spiro atoms. The third-order valence-electron chi connectivity index (χ3n) is 4.01. The molecule has 3 aromatic rings. The maximum absolute atomic E-state index is 12.6. The van der Waals surface area contributed by atoms with Gasteiger partial charge < -0.3 is 4.74 Å². The number of thiazole rings is 1. The van der Waals surface area contributed by atoms with Crippen LogP contribution in [0.4, 0.5) is 5.13 Å². The van der Waals surface area contributed by atoms with E-state index in [9.17, 15) is 14.4 Å². The van der Waals surface area contributed by atoms with Crippen molar-refractivity contribution in [3.8, 4) is 11.3 Å². The number of amides is 1. The highest BCUT2D eigenvalue weighted by Crippen LogP contribution is 2.27. The summed E-state index contributed by atoms with van der Waals surface area (Å²) < 4.78 is 5.13. The first kappa shape index (κ1) is 20.2. The van der Waals surface area contributed by atoms with Gasteiger partial charge in [0.05, 0.1) is 11.3 Å². The first-order valence-corrected chi connectivity index (χ1v) is 9.65. The standard InChI is InChI=1S/C22H18N2O4S/c1-2-12-24(22-23-19(15-29-22)17-6-4-3-5-7-17)20(26)14-28-21(27)18-10-8-16(13-25)9-11-18/h2-11,13,15H,1,12,14H2. The predicted molar refractivity (Wildman–Crippen MR) is 112 cm³/mol. The van der Waals surface area contributed by atoms with Gasteiger partial charge in [-0.3, -0.25) is 14.5 Å². The van der Waals surface area contributed by atoms with Crippen molar-refractivity contribution >= 4 is 34.6 Å². The molecular formula is C22H18N2O4S. The minimum absolute atomic E-state index is 0.242. The van der Waals surface area contributed by atoms with Crippen LogP contribution in [0.2, 0.25) is 0 Å². The first-order chi connectivity index (χ1) is 14.1. The second-order valence-corrected chi connectivity index (χ2v) is 6.83. The number of carbonyl (C=O) groups excluding carboxylic acids is 3. The summed E-state index contributed by atoms with van der Waals surface area (Å²) in [5.41, 5.74) is 2.43. The van der Waals surface area contributed by atoms with E-state index in [1.807, 2.05) is 35.7 Å². The number of hydrogen-bond donors (Lipinski definition) is 0. The van der Waals surface area contributed by atoms with Crippen LogP contribution in [0.25, 0.3) is 11.3 Å². The summed E-state index contributed by atoms with van der Waals surface area (Å²) in [5, 5.41) is 2.37. The van der Waals surface area contributed by atoms with E-state index in [0.29, 0.717) is 17.0 Å². The van der Waals surface area contributed by atoms with Gasteiger partial charge in [-0.1, -0.05) is 48.5 Å². The van der Waals surface area contributed by atoms with Gasteiger partial charge in [0.1, 0.15) is 6.29 Å². The molecule has 0 saturated heterocycles. The van der Waals surface area contributed by atoms with Gasteiger partial charge >= 0.3 is 5.97 Å². The highest BCUT2D eigenvalue weighted by Gasteiger charge is 2.20. The van der Waals surface area contributed by atoms with Crippen LogP contribution < -0.4 is 4.90 Å². The quantitative estimate of drug-likeness (QED) is 0.321. The summed E-state index contributed by atoms with van der Waals surface area (Å²) in [6, 6.07) is 15.6. The number of carbonyl (C=O) groups is 3. The lowest BCUT2D eigenvalue weighted by molar-refractivity contribution is -0.121. The van der Waals surface area contributed by atoms with Crippen molar-refractivity contribution in [2.75, 3.05) is 18.1 Å². The van der Waals surface area contributed by atoms with Crippen molar-refractivity contribution in [1.82, 2.24) is 4.98 Å². The Kier molecular flexibility index (Phi) is 6.65. The van der Waals surface area contributed by atoms with Crippen LogP contribution in [0.5, 0.6) is 0 Å². The molecule has 1 aromatic heterocycles. The maximum atomic E-state index is 12.6. The topological polar surface area (TPSA) is 76.6 Å². The lowest BCUT2D eigenvalue weighted by Crippen LogP contribution is -2.34. The molecule has 0 N–H and O–H groups in total. The normalized spacial score (nSPS) is 10.2. The van der Waals surface area contributed by atoms with Crippen LogP contribution in [-0.2, 0) is 9.53 Å². The Morgan fingerprint density at radius 3 is 2.48 bits per heavy atom. The lowest BCUT2D eigenvalue weighted by atomic mass is 10.1. The minimum Gasteiger partial charge on any atom is -0.452 e. The van der Waals surface area contributed by atoms with Crippen LogP contribution in [0.3, 0.4) is 0 Å². The minimum atomic E-state index is -0.640. The first-order valence-electron chi connectivity index (χ1n) is 8.77. The van der Waals surface area contributed by atoms with Crippen LogP contribution >= 0.6 is 11.3 Å². The van der Waals surface area contributed by atoms with Crippen molar-refractivity contribution in [2.45, 2.75) is 0 Å². The molecule has 0 radical (unpaired) electrons. The fourth-order valence-electron chi connectivity index (χ4n) is 2.53. The maximum Gasteiger partial charge on any atom is 0.338 e. The highest BCUT2D eigenvalue weighted by atomic mass is 32.1. The molecule has 0 fully saturated rings. The number of ether oxygens (including phenoxy) is 1. The SMILES string of the molecule is C=CCN(C(=O)COC(=O)c1ccc(C=O)cc1)c1nc(-c2ccccc2)cs1. The van der Waals surface area contributed by atoms with Crippen molar-refractivity contribution in [3.63, 3.8) is 0 Å². The van der Waals surface area contributed by atoms with E-state index in [1.165, 1.54) is 40.5 Å². The number of esters is 1. The van der Waals surface area contributed by atoms with E-state index in [4.69, 9.17) is 4.74 Å². The Bertz CT molecular complexity index is 1010. The van der Waals surface area contributed by atoms with Crippen molar-refractivity contribution in [3.05, 3.63) is 83.8 Å². The van der Waals surface area contributed by atoms with E-state index < -0.39 is 18.5 Å². The smallest absolute Gasteiger partial charge is 0.338 e. The number of benzene rings is 2. The second-order valence-electron chi connectivity index (χ2n) is 5.99. The second kappa shape index (κ2) is 9.57. The summed E-state index contributed by atoms with van der Waals surface area (Å²) in [4.78, 5) is 41.4. The summed E-state index contributed by atoms with van der Waals surface area (Å²) in [7, 11) is 0.